The molecule has 0 aromatic heterocycles. The number of halogens is 3. The molecule has 0 aliphatic heterocycles. The zero-order chi connectivity index (χ0) is 17.8. The molecule has 124 valence electrons. The average molecular weight is 330 g/mol. The van der Waals surface area contributed by atoms with E-state index in [0.29, 0.717) is 5.56 Å². The van der Waals surface area contributed by atoms with Crippen molar-refractivity contribution >= 4 is 0 Å². The average Bonchev–Trinajstić information content (AvgIpc) is 2.53. The molecule has 2 aromatic rings. The number of rotatable bonds is 2. The summed E-state index contributed by atoms with van der Waals surface area (Å²) in [5, 5.41) is 10.6. The summed E-state index contributed by atoms with van der Waals surface area (Å²) in [6, 6.07) is 16.5. The second-order valence-electron chi connectivity index (χ2n) is 5.55. The minimum atomic E-state index is -4.70. The van der Waals surface area contributed by atoms with Gasteiger partial charge in [0.15, 0.2) is 0 Å². The quantitative estimate of drug-likeness (QED) is 0.783. The van der Waals surface area contributed by atoms with Gasteiger partial charge in [0.1, 0.15) is 5.60 Å². The third-order valence-electron chi connectivity index (χ3n) is 3.65. The number of alkyl halides is 3. The number of aliphatic hydroxyl groups is 1. The van der Waals surface area contributed by atoms with Gasteiger partial charge >= 0.3 is 6.18 Å². The van der Waals surface area contributed by atoms with Crippen LogP contribution >= 0.6 is 0 Å². The Morgan fingerprint density at radius 1 is 0.917 bits per heavy atom. The Bertz CT molecular complexity index is 776. The van der Waals surface area contributed by atoms with Crippen molar-refractivity contribution in [3.8, 4) is 11.8 Å². The number of benzene rings is 2. The van der Waals surface area contributed by atoms with E-state index in [-0.39, 0.29) is 11.1 Å². The maximum atomic E-state index is 13.6. The van der Waals surface area contributed by atoms with Gasteiger partial charge in [-0.1, -0.05) is 60.4 Å². The Morgan fingerprint density at radius 2 is 1.42 bits per heavy atom. The molecule has 0 bridgehead atoms. The summed E-state index contributed by atoms with van der Waals surface area (Å²) in [7, 11) is 0. The van der Waals surface area contributed by atoms with Gasteiger partial charge in [-0.3, -0.25) is 0 Å². The van der Waals surface area contributed by atoms with Gasteiger partial charge in [-0.2, -0.15) is 13.2 Å². The second kappa shape index (κ2) is 6.94. The molecule has 0 saturated heterocycles. The third-order valence-corrected chi connectivity index (χ3v) is 3.65. The van der Waals surface area contributed by atoms with Crippen LogP contribution in [0, 0.1) is 11.8 Å². The molecule has 0 aliphatic carbocycles. The van der Waals surface area contributed by atoms with Crippen molar-refractivity contribution in [1.29, 1.82) is 0 Å². The lowest BCUT2D eigenvalue weighted by molar-refractivity contribution is -0.120. The molecule has 4 heteroatoms. The predicted molar refractivity (Wildman–Crippen MR) is 88.1 cm³/mol. The fraction of sp³-hybridized carbons (Fsp3) is 0.200. The molecule has 1 nitrogen and oxygen atoms in total. The van der Waals surface area contributed by atoms with Crippen molar-refractivity contribution < 1.29 is 18.3 Å². The van der Waals surface area contributed by atoms with Gasteiger partial charge in [-0.05, 0) is 31.5 Å². The number of allylic oxidation sites excluding steroid dienone is 1. The lowest BCUT2D eigenvalue weighted by Gasteiger charge is -2.29. The zero-order valence-electron chi connectivity index (χ0n) is 13.4. The lowest BCUT2D eigenvalue weighted by atomic mass is 9.84. The highest BCUT2D eigenvalue weighted by molar-refractivity contribution is 5.46. The van der Waals surface area contributed by atoms with Gasteiger partial charge in [0.05, 0.1) is 5.57 Å². The van der Waals surface area contributed by atoms with Gasteiger partial charge in [0.2, 0.25) is 0 Å². The van der Waals surface area contributed by atoms with E-state index in [0.717, 1.165) is 6.92 Å². The minimum Gasteiger partial charge on any atom is -0.381 e. The van der Waals surface area contributed by atoms with Gasteiger partial charge in [-0.15, -0.1) is 0 Å². The number of hydrogen-bond donors (Lipinski definition) is 1. The smallest absolute Gasteiger partial charge is 0.381 e. The van der Waals surface area contributed by atoms with E-state index in [4.69, 9.17) is 0 Å². The standard InChI is InChI=1S/C20H17F3O/c1-15(13-14-16-9-5-3-6-10-16)18(20(21,22)23)19(2,24)17-11-7-4-8-12-17/h3-12,24H,1-2H3/b18-15-. The summed E-state index contributed by atoms with van der Waals surface area (Å²) in [6.07, 6.45) is -4.70. The van der Waals surface area contributed by atoms with Crippen molar-refractivity contribution in [2.24, 2.45) is 0 Å². The van der Waals surface area contributed by atoms with E-state index >= 15 is 0 Å². The fourth-order valence-corrected chi connectivity index (χ4v) is 2.51. The molecular formula is C20H17F3O. The van der Waals surface area contributed by atoms with Crippen LogP contribution in [0.4, 0.5) is 13.2 Å². The predicted octanol–water partition coefficient (Wildman–Crippen LogP) is 4.82. The van der Waals surface area contributed by atoms with Gasteiger partial charge in [0, 0.05) is 11.1 Å². The third kappa shape index (κ3) is 4.06. The van der Waals surface area contributed by atoms with E-state index in [1.165, 1.54) is 19.1 Å². The van der Waals surface area contributed by atoms with Gasteiger partial charge in [-0.25, -0.2) is 0 Å². The Labute approximate surface area is 139 Å². The van der Waals surface area contributed by atoms with E-state index in [1.807, 2.05) is 0 Å². The van der Waals surface area contributed by atoms with E-state index in [9.17, 15) is 18.3 Å². The Hall–Kier alpha value is -2.51. The van der Waals surface area contributed by atoms with Crippen molar-refractivity contribution in [2.75, 3.05) is 0 Å². The molecule has 1 unspecified atom stereocenters. The molecule has 0 heterocycles. The van der Waals surface area contributed by atoms with Crippen LogP contribution in [-0.2, 0) is 5.60 Å². The maximum Gasteiger partial charge on any atom is 0.416 e. The minimum absolute atomic E-state index is 0.165. The monoisotopic (exact) mass is 330 g/mol. The molecule has 0 amide bonds. The van der Waals surface area contributed by atoms with Crippen molar-refractivity contribution in [2.45, 2.75) is 25.6 Å². The molecule has 2 aromatic carbocycles. The first-order chi connectivity index (χ1) is 11.2. The summed E-state index contributed by atoms with van der Waals surface area (Å²) in [4.78, 5) is 0. The molecule has 0 aliphatic rings. The van der Waals surface area contributed by atoms with Crippen molar-refractivity contribution in [3.05, 3.63) is 82.9 Å². The van der Waals surface area contributed by atoms with Crippen LogP contribution in [0.1, 0.15) is 25.0 Å². The first-order valence-electron chi connectivity index (χ1n) is 7.36. The molecular weight excluding hydrogens is 313 g/mol. The highest BCUT2D eigenvalue weighted by Gasteiger charge is 2.47. The molecule has 0 spiro atoms. The molecule has 2 rings (SSSR count). The number of hydrogen-bond acceptors (Lipinski definition) is 1. The van der Waals surface area contributed by atoms with Crippen LogP contribution in [0.15, 0.2) is 71.8 Å². The zero-order valence-corrected chi connectivity index (χ0v) is 13.4. The maximum absolute atomic E-state index is 13.6. The van der Waals surface area contributed by atoms with E-state index < -0.39 is 17.4 Å². The highest BCUT2D eigenvalue weighted by Crippen LogP contribution is 2.41. The Kier molecular flexibility index (Phi) is 5.16. The molecule has 0 radical (unpaired) electrons. The van der Waals surface area contributed by atoms with Gasteiger partial charge in [0.25, 0.3) is 0 Å². The normalized spacial score (nSPS) is 14.9. The highest BCUT2D eigenvalue weighted by atomic mass is 19.4. The first-order valence-corrected chi connectivity index (χ1v) is 7.36. The van der Waals surface area contributed by atoms with Crippen LogP contribution in [0.3, 0.4) is 0 Å². The Balaban J connectivity index is 2.55. The van der Waals surface area contributed by atoms with Crippen LogP contribution in [0.25, 0.3) is 0 Å². The van der Waals surface area contributed by atoms with Crippen LogP contribution < -0.4 is 0 Å². The largest absolute Gasteiger partial charge is 0.416 e. The second-order valence-corrected chi connectivity index (χ2v) is 5.55. The summed E-state index contributed by atoms with van der Waals surface area (Å²) in [5.74, 6) is 5.23. The topological polar surface area (TPSA) is 20.2 Å². The first kappa shape index (κ1) is 17.8. The SMILES string of the molecule is C/C(C#Cc1ccccc1)=C(/C(F)(F)F)C(C)(O)c1ccccc1. The van der Waals surface area contributed by atoms with Gasteiger partial charge < -0.3 is 5.11 Å². The summed E-state index contributed by atoms with van der Waals surface area (Å²) >= 11 is 0. The molecule has 24 heavy (non-hydrogen) atoms. The molecule has 0 fully saturated rings. The summed E-state index contributed by atoms with van der Waals surface area (Å²) in [6.45, 7) is 2.41. The van der Waals surface area contributed by atoms with Crippen LogP contribution in [0.2, 0.25) is 0 Å². The van der Waals surface area contributed by atoms with E-state index in [2.05, 4.69) is 11.8 Å². The van der Waals surface area contributed by atoms with Crippen molar-refractivity contribution in [1.82, 2.24) is 0 Å². The summed E-state index contributed by atoms with van der Waals surface area (Å²) in [5.41, 5.74) is -2.67. The summed E-state index contributed by atoms with van der Waals surface area (Å²) < 4.78 is 40.8. The van der Waals surface area contributed by atoms with Crippen LogP contribution in [0.5, 0.6) is 0 Å². The van der Waals surface area contributed by atoms with Crippen molar-refractivity contribution in [3.63, 3.8) is 0 Å². The Morgan fingerprint density at radius 3 is 1.92 bits per heavy atom. The van der Waals surface area contributed by atoms with Crippen LogP contribution in [-0.4, -0.2) is 11.3 Å². The lowest BCUT2D eigenvalue weighted by Crippen LogP contribution is -2.34. The molecule has 0 saturated carbocycles. The molecule has 1 atom stereocenters. The fourth-order valence-electron chi connectivity index (χ4n) is 2.51. The molecule has 1 N–H and O–H groups in total. The van der Waals surface area contributed by atoms with E-state index in [1.54, 1.807) is 48.5 Å².